The minimum Gasteiger partial charge on any atom is -0.493 e. The number of benzene rings is 2. The van der Waals surface area contributed by atoms with E-state index in [1.54, 1.807) is 37.4 Å². The maximum absolute atomic E-state index is 12.3. The molecule has 3 rings (SSSR count). The van der Waals surface area contributed by atoms with E-state index in [1.165, 1.54) is 6.21 Å². The summed E-state index contributed by atoms with van der Waals surface area (Å²) in [5.41, 5.74) is 4.53. The molecule has 156 valence electrons. The zero-order chi connectivity index (χ0) is 22.2. The summed E-state index contributed by atoms with van der Waals surface area (Å²) in [4.78, 5) is 19.2. The van der Waals surface area contributed by atoms with Crippen molar-refractivity contribution in [3.05, 3.63) is 82.2 Å². The van der Waals surface area contributed by atoms with Crippen molar-refractivity contribution < 1.29 is 9.47 Å². The average molecular weight is 415 g/mol. The molecule has 0 aliphatic heterocycles. The summed E-state index contributed by atoms with van der Waals surface area (Å²) in [6, 6.07) is 16.3. The number of anilines is 1. The third kappa shape index (κ3) is 5.16. The quantitative estimate of drug-likeness (QED) is 0.329. The van der Waals surface area contributed by atoms with Crippen LogP contribution in [0.2, 0.25) is 0 Å². The van der Waals surface area contributed by atoms with Crippen LogP contribution in [-0.2, 0) is 0 Å². The predicted molar refractivity (Wildman–Crippen MR) is 120 cm³/mol. The second kappa shape index (κ2) is 9.89. The van der Waals surface area contributed by atoms with Crippen LogP contribution in [0.25, 0.3) is 11.3 Å². The van der Waals surface area contributed by atoms with Gasteiger partial charge in [-0.25, -0.2) is 10.4 Å². The Morgan fingerprint density at radius 2 is 2.06 bits per heavy atom. The Morgan fingerprint density at radius 3 is 2.74 bits per heavy atom. The molecule has 0 unspecified atom stereocenters. The summed E-state index contributed by atoms with van der Waals surface area (Å²) in [5, 5.41) is 13.5. The van der Waals surface area contributed by atoms with Crippen LogP contribution < -0.4 is 20.5 Å². The first kappa shape index (κ1) is 21.3. The number of aromatic amines is 1. The fourth-order valence-corrected chi connectivity index (χ4v) is 2.74. The standard InChI is InChI=1S/C23H21N5O3/c1-15(2)14-31-21-17(10-7-11-19(21)30-3)13-25-28-23-26-20(16-8-5-4-6-9-16)18(12-24)22(29)27-23/h4-11,13H,1,14H2,2-3H3,(H2,26,27,28,29). The van der Waals surface area contributed by atoms with Gasteiger partial charge in [0.15, 0.2) is 11.5 Å². The van der Waals surface area contributed by atoms with Gasteiger partial charge in [0.2, 0.25) is 5.95 Å². The third-order valence-corrected chi connectivity index (χ3v) is 4.14. The lowest BCUT2D eigenvalue weighted by Crippen LogP contribution is -2.16. The van der Waals surface area contributed by atoms with Gasteiger partial charge in [0, 0.05) is 11.1 Å². The van der Waals surface area contributed by atoms with Crippen molar-refractivity contribution in [1.29, 1.82) is 5.26 Å². The fourth-order valence-electron chi connectivity index (χ4n) is 2.74. The van der Waals surface area contributed by atoms with Crippen molar-refractivity contribution in [2.75, 3.05) is 19.1 Å². The molecule has 0 fully saturated rings. The van der Waals surface area contributed by atoms with E-state index in [1.807, 2.05) is 31.2 Å². The molecule has 0 radical (unpaired) electrons. The van der Waals surface area contributed by atoms with Crippen LogP contribution in [0.5, 0.6) is 11.5 Å². The molecule has 1 aromatic heterocycles. The molecule has 0 atom stereocenters. The fraction of sp³-hybridized carbons (Fsp3) is 0.130. The number of nitrogens with zero attached hydrogens (tertiary/aromatic N) is 3. The number of para-hydroxylation sites is 1. The lowest BCUT2D eigenvalue weighted by Gasteiger charge is -2.13. The second-order valence-electron chi connectivity index (χ2n) is 6.61. The van der Waals surface area contributed by atoms with Crippen molar-refractivity contribution in [3.63, 3.8) is 0 Å². The van der Waals surface area contributed by atoms with Gasteiger partial charge in [0.1, 0.15) is 18.2 Å². The molecule has 0 aliphatic rings. The number of methoxy groups -OCH3 is 1. The Morgan fingerprint density at radius 1 is 1.29 bits per heavy atom. The summed E-state index contributed by atoms with van der Waals surface area (Å²) < 4.78 is 11.2. The van der Waals surface area contributed by atoms with Crippen molar-refractivity contribution in [2.45, 2.75) is 6.92 Å². The van der Waals surface area contributed by atoms with Crippen molar-refractivity contribution in [3.8, 4) is 28.8 Å². The number of nitrogens with one attached hydrogen (secondary N) is 2. The Hall–Kier alpha value is -4.38. The zero-order valence-corrected chi connectivity index (χ0v) is 17.2. The Kier molecular flexibility index (Phi) is 6.81. The number of aromatic nitrogens is 2. The molecule has 8 heteroatoms. The van der Waals surface area contributed by atoms with Crippen molar-refractivity contribution in [2.24, 2.45) is 5.10 Å². The summed E-state index contributed by atoms with van der Waals surface area (Å²) >= 11 is 0. The van der Waals surface area contributed by atoms with Crippen LogP contribution in [0.1, 0.15) is 18.1 Å². The summed E-state index contributed by atoms with van der Waals surface area (Å²) in [5.74, 6) is 1.18. The highest BCUT2D eigenvalue weighted by Gasteiger charge is 2.13. The molecule has 3 aromatic rings. The largest absolute Gasteiger partial charge is 0.493 e. The molecule has 0 spiro atoms. The second-order valence-corrected chi connectivity index (χ2v) is 6.61. The van der Waals surface area contributed by atoms with E-state index in [2.05, 4.69) is 27.1 Å². The van der Waals surface area contributed by atoms with Crippen LogP contribution in [0.3, 0.4) is 0 Å². The van der Waals surface area contributed by atoms with Gasteiger partial charge in [-0.05, 0) is 24.6 Å². The van der Waals surface area contributed by atoms with Gasteiger partial charge in [-0.15, -0.1) is 0 Å². The highest BCUT2D eigenvalue weighted by molar-refractivity contribution is 5.85. The summed E-state index contributed by atoms with van der Waals surface area (Å²) in [7, 11) is 1.55. The van der Waals surface area contributed by atoms with Gasteiger partial charge in [0.25, 0.3) is 5.56 Å². The van der Waals surface area contributed by atoms with Crippen LogP contribution in [-0.4, -0.2) is 29.9 Å². The third-order valence-electron chi connectivity index (χ3n) is 4.14. The molecule has 2 N–H and O–H groups in total. The van der Waals surface area contributed by atoms with E-state index in [0.717, 1.165) is 5.57 Å². The molecule has 31 heavy (non-hydrogen) atoms. The molecule has 0 amide bonds. The van der Waals surface area contributed by atoms with E-state index in [0.29, 0.717) is 29.2 Å². The Labute approximate surface area is 179 Å². The number of H-pyrrole nitrogens is 1. The maximum atomic E-state index is 12.3. The van der Waals surface area contributed by atoms with E-state index in [4.69, 9.17) is 9.47 Å². The first-order chi connectivity index (χ1) is 15.0. The first-order valence-electron chi connectivity index (χ1n) is 9.36. The Balaban J connectivity index is 1.90. The molecule has 0 saturated heterocycles. The molecule has 1 heterocycles. The number of ether oxygens (including phenoxy) is 2. The molecule has 0 bridgehead atoms. The number of hydrogen-bond donors (Lipinski definition) is 2. The number of hydrazone groups is 1. The predicted octanol–water partition coefficient (Wildman–Crippen LogP) is 3.72. The highest BCUT2D eigenvalue weighted by atomic mass is 16.5. The molecule has 0 saturated carbocycles. The number of rotatable bonds is 8. The van der Waals surface area contributed by atoms with E-state index < -0.39 is 5.56 Å². The highest BCUT2D eigenvalue weighted by Crippen LogP contribution is 2.30. The number of nitriles is 1. The molecular formula is C23H21N5O3. The molecule has 2 aromatic carbocycles. The lowest BCUT2D eigenvalue weighted by molar-refractivity contribution is 0.319. The van der Waals surface area contributed by atoms with Crippen LogP contribution in [0, 0.1) is 11.3 Å². The average Bonchev–Trinajstić information content (AvgIpc) is 2.78. The van der Waals surface area contributed by atoms with Crippen molar-refractivity contribution in [1.82, 2.24) is 9.97 Å². The van der Waals surface area contributed by atoms with Gasteiger partial charge < -0.3 is 9.47 Å². The van der Waals surface area contributed by atoms with Crippen LogP contribution in [0.4, 0.5) is 5.95 Å². The first-order valence-corrected chi connectivity index (χ1v) is 9.36. The minimum absolute atomic E-state index is 0.0657. The van der Waals surface area contributed by atoms with Crippen LogP contribution >= 0.6 is 0 Å². The normalized spacial score (nSPS) is 10.5. The maximum Gasteiger partial charge on any atom is 0.270 e. The van der Waals surface area contributed by atoms with Crippen LogP contribution in [0.15, 0.2) is 70.6 Å². The lowest BCUT2D eigenvalue weighted by atomic mass is 10.1. The summed E-state index contributed by atoms with van der Waals surface area (Å²) in [6.45, 7) is 6.03. The van der Waals surface area contributed by atoms with Gasteiger partial charge in [0.05, 0.1) is 19.0 Å². The Bertz CT molecular complexity index is 1210. The molecular weight excluding hydrogens is 394 g/mol. The number of hydrogen-bond acceptors (Lipinski definition) is 7. The van der Waals surface area contributed by atoms with Gasteiger partial charge in [-0.2, -0.15) is 10.4 Å². The minimum atomic E-state index is -0.555. The SMILES string of the molecule is C=C(C)COc1c(C=NNc2nc(-c3ccccc3)c(C#N)c(=O)[nH]2)cccc1OC. The van der Waals surface area contributed by atoms with E-state index in [9.17, 15) is 10.1 Å². The molecule has 8 nitrogen and oxygen atoms in total. The smallest absolute Gasteiger partial charge is 0.270 e. The van der Waals surface area contributed by atoms with E-state index >= 15 is 0 Å². The molecule has 0 aliphatic carbocycles. The van der Waals surface area contributed by atoms with E-state index in [-0.39, 0.29) is 17.2 Å². The van der Waals surface area contributed by atoms with Gasteiger partial charge >= 0.3 is 0 Å². The topological polar surface area (TPSA) is 112 Å². The summed E-state index contributed by atoms with van der Waals surface area (Å²) in [6.07, 6.45) is 1.52. The van der Waals surface area contributed by atoms with Gasteiger partial charge in [-0.3, -0.25) is 9.78 Å². The van der Waals surface area contributed by atoms with Crippen molar-refractivity contribution >= 4 is 12.2 Å². The zero-order valence-electron chi connectivity index (χ0n) is 17.2. The monoisotopic (exact) mass is 415 g/mol. The van der Waals surface area contributed by atoms with Gasteiger partial charge in [-0.1, -0.05) is 43.0 Å².